The first kappa shape index (κ1) is 13.6. The standard InChI is InChI=1S/C14H16N2O2S/c1-3-18-13(17)7-9(2)16-14-11(8-15)10-5-4-6-12(10)19-14/h7,16H,3-6H2,1-2H3/b9-7+. The minimum atomic E-state index is -0.366. The number of nitriles is 1. The Morgan fingerprint density at radius 1 is 1.58 bits per heavy atom. The molecule has 19 heavy (non-hydrogen) atoms. The van der Waals surface area contributed by atoms with Gasteiger partial charge in [0.1, 0.15) is 11.1 Å². The summed E-state index contributed by atoms with van der Waals surface area (Å²) in [6.07, 6.45) is 4.58. The minimum Gasteiger partial charge on any atom is -0.463 e. The van der Waals surface area contributed by atoms with Crippen LogP contribution in [0.3, 0.4) is 0 Å². The van der Waals surface area contributed by atoms with Crippen LogP contribution in [0.5, 0.6) is 0 Å². The van der Waals surface area contributed by atoms with Gasteiger partial charge in [-0.2, -0.15) is 5.26 Å². The molecule has 1 N–H and O–H groups in total. The lowest BCUT2D eigenvalue weighted by Crippen LogP contribution is -2.04. The molecule has 0 amide bonds. The van der Waals surface area contributed by atoms with Gasteiger partial charge in [-0.1, -0.05) is 0 Å². The number of nitrogens with one attached hydrogen (secondary N) is 1. The van der Waals surface area contributed by atoms with E-state index in [1.165, 1.54) is 16.5 Å². The van der Waals surface area contributed by atoms with Crippen LogP contribution in [0, 0.1) is 11.3 Å². The van der Waals surface area contributed by atoms with E-state index in [2.05, 4.69) is 11.4 Å². The van der Waals surface area contributed by atoms with Crippen LogP contribution in [0.4, 0.5) is 5.00 Å². The van der Waals surface area contributed by atoms with Gasteiger partial charge in [-0.05, 0) is 38.7 Å². The average molecular weight is 276 g/mol. The normalized spacial score (nSPS) is 13.8. The fourth-order valence-electron chi connectivity index (χ4n) is 2.19. The van der Waals surface area contributed by atoms with Gasteiger partial charge in [-0.15, -0.1) is 11.3 Å². The summed E-state index contributed by atoms with van der Waals surface area (Å²) in [5.74, 6) is -0.366. The number of esters is 1. The molecule has 0 aromatic carbocycles. The van der Waals surface area contributed by atoms with Crippen LogP contribution in [-0.2, 0) is 22.4 Å². The molecule has 0 atom stereocenters. The maximum absolute atomic E-state index is 11.3. The molecule has 1 aliphatic carbocycles. The first-order chi connectivity index (χ1) is 9.15. The van der Waals surface area contributed by atoms with Crippen molar-refractivity contribution in [2.75, 3.05) is 11.9 Å². The third-order valence-corrected chi connectivity index (χ3v) is 4.17. The van der Waals surface area contributed by atoms with Gasteiger partial charge >= 0.3 is 5.97 Å². The molecule has 0 saturated heterocycles. The van der Waals surface area contributed by atoms with E-state index in [0.29, 0.717) is 12.3 Å². The van der Waals surface area contributed by atoms with Crippen molar-refractivity contribution < 1.29 is 9.53 Å². The van der Waals surface area contributed by atoms with E-state index >= 15 is 0 Å². The molecule has 1 heterocycles. The third kappa shape index (κ3) is 2.96. The number of rotatable bonds is 4. The molecular weight excluding hydrogens is 260 g/mol. The molecule has 2 rings (SSSR count). The first-order valence-electron chi connectivity index (χ1n) is 6.32. The van der Waals surface area contributed by atoms with E-state index in [1.54, 1.807) is 25.2 Å². The molecule has 1 aliphatic rings. The summed E-state index contributed by atoms with van der Waals surface area (Å²) in [5.41, 5.74) is 2.60. The summed E-state index contributed by atoms with van der Waals surface area (Å²) in [6.45, 7) is 3.92. The van der Waals surface area contributed by atoms with Gasteiger partial charge in [0.05, 0.1) is 12.2 Å². The van der Waals surface area contributed by atoms with Gasteiger partial charge in [0.15, 0.2) is 0 Å². The lowest BCUT2D eigenvalue weighted by molar-refractivity contribution is -0.137. The molecule has 0 spiro atoms. The van der Waals surface area contributed by atoms with Crippen molar-refractivity contribution in [1.82, 2.24) is 0 Å². The Morgan fingerprint density at radius 3 is 3.05 bits per heavy atom. The van der Waals surface area contributed by atoms with E-state index in [0.717, 1.165) is 29.8 Å². The van der Waals surface area contributed by atoms with Crippen LogP contribution >= 0.6 is 11.3 Å². The molecule has 1 aromatic rings. The monoisotopic (exact) mass is 276 g/mol. The molecule has 0 fully saturated rings. The smallest absolute Gasteiger partial charge is 0.332 e. The number of nitrogens with zero attached hydrogens (tertiary/aromatic N) is 1. The number of hydrogen-bond donors (Lipinski definition) is 1. The number of carbonyl (C=O) groups excluding carboxylic acids is 1. The van der Waals surface area contributed by atoms with Gasteiger partial charge in [-0.25, -0.2) is 4.79 Å². The van der Waals surface area contributed by atoms with Gasteiger partial charge in [0.2, 0.25) is 0 Å². The first-order valence-corrected chi connectivity index (χ1v) is 7.14. The average Bonchev–Trinajstić information content (AvgIpc) is 2.88. The van der Waals surface area contributed by atoms with Crippen LogP contribution in [0.15, 0.2) is 11.8 Å². The SMILES string of the molecule is CCOC(=O)/C=C(\C)Nc1sc2c(c1C#N)CCC2. The Labute approximate surface area is 116 Å². The maximum Gasteiger partial charge on any atom is 0.332 e. The quantitative estimate of drug-likeness (QED) is 0.678. The van der Waals surface area contributed by atoms with Crippen LogP contribution in [0.2, 0.25) is 0 Å². The molecule has 0 radical (unpaired) electrons. The molecule has 1 aromatic heterocycles. The van der Waals surface area contributed by atoms with E-state index in [-0.39, 0.29) is 5.97 Å². The zero-order valence-corrected chi connectivity index (χ0v) is 11.9. The van der Waals surface area contributed by atoms with E-state index in [9.17, 15) is 10.1 Å². The van der Waals surface area contributed by atoms with Gasteiger partial charge in [0, 0.05) is 16.7 Å². The van der Waals surface area contributed by atoms with Crippen LogP contribution in [0.1, 0.15) is 36.3 Å². The lowest BCUT2D eigenvalue weighted by atomic mass is 10.1. The summed E-state index contributed by atoms with van der Waals surface area (Å²) in [4.78, 5) is 12.6. The fourth-order valence-corrected chi connectivity index (χ4v) is 3.49. The van der Waals surface area contributed by atoms with Crippen molar-refractivity contribution in [3.8, 4) is 6.07 Å². The Morgan fingerprint density at radius 2 is 2.37 bits per heavy atom. The largest absolute Gasteiger partial charge is 0.463 e. The number of aryl methyl sites for hydroxylation is 1. The van der Waals surface area contributed by atoms with E-state index in [4.69, 9.17) is 4.74 Å². The highest BCUT2D eigenvalue weighted by molar-refractivity contribution is 7.16. The topological polar surface area (TPSA) is 62.1 Å². The highest BCUT2D eigenvalue weighted by Crippen LogP contribution is 2.38. The minimum absolute atomic E-state index is 0.360. The van der Waals surface area contributed by atoms with Crippen LogP contribution in [-0.4, -0.2) is 12.6 Å². The zero-order chi connectivity index (χ0) is 13.8. The van der Waals surface area contributed by atoms with Crippen molar-refractivity contribution in [1.29, 1.82) is 5.26 Å². The Hall–Kier alpha value is -1.80. The summed E-state index contributed by atoms with van der Waals surface area (Å²) in [7, 11) is 0. The number of carbonyl (C=O) groups is 1. The van der Waals surface area contributed by atoms with Crippen molar-refractivity contribution in [2.24, 2.45) is 0 Å². The van der Waals surface area contributed by atoms with Gasteiger partial charge < -0.3 is 10.1 Å². The summed E-state index contributed by atoms with van der Waals surface area (Å²) < 4.78 is 4.85. The number of allylic oxidation sites excluding steroid dienone is 1. The number of anilines is 1. The predicted molar refractivity (Wildman–Crippen MR) is 75.1 cm³/mol. The molecule has 100 valence electrons. The Balaban J connectivity index is 2.16. The van der Waals surface area contributed by atoms with Gasteiger partial charge in [-0.3, -0.25) is 0 Å². The Bertz CT molecular complexity index is 567. The second-order valence-electron chi connectivity index (χ2n) is 4.38. The summed E-state index contributed by atoms with van der Waals surface area (Å²) >= 11 is 1.62. The van der Waals surface area contributed by atoms with Crippen molar-refractivity contribution in [2.45, 2.75) is 33.1 Å². The summed E-state index contributed by atoms with van der Waals surface area (Å²) in [6, 6.07) is 2.26. The second-order valence-corrected chi connectivity index (χ2v) is 5.48. The van der Waals surface area contributed by atoms with Crippen molar-refractivity contribution in [3.63, 3.8) is 0 Å². The lowest BCUT2D eigenvalue weighted by Gasteiger charge is -2.05. The van der Waals surface area contributed by atoms with E-state index in [1.807, 2.05) is 0 Å². The molecule has 0 saturated carbocycles. The van der Waals surface area contributed by atoms with Crippen molar-refractivity contribution >= 4 is 22.3 Å². The molecule has 5 heteroatoms. The molecule has 0 bridgehead atoms. The number of ether oxygens (including phenoxy) is 1. The summed E-state index contributed by atoms with van der Waals surface area (Å²) in [5, 5.41) is 13.2. The Kier molecular flexibility index (Phi) is 4.23. The van der Waals surface area contributed by atoms with Crippen LogP contribution in [0.25, 0.3) is 0 Å². The van der Waals surface area contributed by atoms with Crippen molar-refractivity contribution in [3.05, 3.63) is 27.8 Å². The predicted octanol–water partition coefficient (Wildman–Crippen LogP) is 2.99. The molecule has 0 unspecified atom stereocenters. The maximum atomic E-state index is 11.3. The molecular formula is C14H16N2O2S. The highest BCUT2D eigenvalue weighted by atomic mass is 32.1. The van der Waals surface area contributed by atoms with Crippen LogP contribution < -0.4 is 5.32 Å². The molecule has 0 aliphatic heterocycles. The third-order valence-electron chi connectivity index (χ3n) is 2.96. The second kappa shape index (κ2) is 5.89. The van der Waals surface area contributed by atoms with Gasteiger partial charge in [0.25, 0.3) is 0 Å². The van der Waals surface area contributed by atoms with E-state index < -0.39 is 0 Å². The zero-order valence-electron chi connectivity index (χ0n) is 11.1. The molecule has 4 nitrogen and oxygen atoms in total. The number of hydrogen-bond acceptors (Lipinski definition) is 5. The fraction of sp³-hybridized carbons (Fsp3) is 0.429. The number of thiophene rings is 1. The number of fused-ring (bicyclic) bond motifs is 1. The highest BCUT2D eigenvalue weighted by Gasteiger charge is 2.22.